The molecule has 5 rings (SSSR count). The molecule has 6 nitrogen and oxygen atoms in total. The van der Waals surface area contributed by atoms with Gasteiger partial charge in [0.2, 0.25) is 0 Å². The highest BCUT2D eigenvalue weighted by molar-refractivity contribution is 7.92. The average molecular weight is 461 g/mol. The normalized spacial score (nSPS) is 21.1. The van der Waals surface area contributed by atoms with Gasteiger partial charge in [0.1, 0.15) is 0 Å². The van der Waals surface area contributed by atoms with Crippen LogP contribution in [0, 0.1) is 12.8 Å². The largest absolute Gasteiger partial charge is 0.478 e. The van der Waals surface area contributed by atoms with Crippen molar-refractivity contribution in [1.82, 2.24) is 0 Å². The number of aromatic carboxylic acids is 1. The van der Waals surface area contributed by atoms with E-state index < -0.39 is 16.0 Å². The molecule has 3 aromatic carbocycles. The summed E-state index contributed by atoms with van der Waals surface area (Å²) < 4.78 is 28.8. The minimum Gasteiger partial charge on any atom is -0.478 e. The maximum Gasteiger partial charge on any atom is 0.336 e. The third-order valence-corrected chi connectivity index (χ3v) is 7.82. The van der Waals surface area contributed by atoms with Gasteiger partial charge in [-0.05, 0) is 72.4 Å². The molecule has 168 valence electrons. The summed E-state index contributed by atoms with van der Waals surface area (Å²) in [7, 11) is -3.76. The van der Waals surface area contributed by atoms with Crippen LogP contribution in [0.3, 0.4) is 0 Å². The summed E-state index contributed by atoms with van der Waals surface area (Å²) in [6.07, 6.45) is 4.98. The van der Waals surface area contributed by atoms with Gasteiger partial charge in [-0.2, -0.15) is 0 Å². The molecule has 1 aliphatic carbocycles. The van der Waals surface area contributed by atoms with Crippen LogP contribution >= 0.6 is 0 Å². The number of nitrogens with one attached hydrogen (secondary N) is 2. The Morgan fingerprint density at radius 2 is 1.85 bits per heavy atom. The molecule has 0 bridgehead atoms. The van der Waals surface area contributed by atoms with E-state index >= 15 is 0 Å². The van der Waals surface area contributed by atoms with Crippen molar-refractivity contribution in [2.45, 2.75) is 30.2 Å². The van der Waals surface area contributed by atoms with Crippen LogP contribution in [-0.4, -0.2) is 19.5 Å². The summed E-state index contributed by atoms with van der Waals surface area (Å²) >= 11 is 0. The lowest BCUT2D eigenvalue weighted by Crippen LogP contribution is -2.30. The number of benzene rings is 3. The van der Waals surface area contributed by atoms with E-state index in [0.717, 1.165) is 28.8 Å². The van der Waals surface area contributed by atoms with Gasteiger partial charge < -0.3 is 10.4 Å². The Morgan fingerprint density at radius 1 is 1.03 bits per heavy atom. The second-order valence-electron chi connectivity index (χ2n) is 8.59. The van der Waals surface area contributed by atoms with Gasteiger partial charge in [0.05, 0.1) is 16.5 Å². The van der Waals surface area contributed by atoms with Crippen molar-refractivity contribution in [3.8, 4) is 0 Å². The molecule has 1 heterocycles. The molecule has 0 amide bonds. The number of carboxylic acid groups (broad SMARTS) is 1. The molecule has 3 N–H and O–H groups in total. The first-order chi connectivity index (χ1) is 15.8. The Balaban J connectivity index is 1.51. The van der Waals surface area contributed by atoms with Crippen LogP contribution in [0.4, 0.5) is 11.4 Å². The quantitative estimate of drug-likeness (QED) is 0.448. The number of hydrogen-bond donors (Lipinski definition) is 3. The molecule has 0 aromatic heterocycles. The Bertz CT molecular complexity index is 1380. The summed E-state index contributed by atoms with van der Waals surface area (Å²) in [4.78, 5) is 12.0. The first kappa shape index (κ1) is 21.3. The smallest absolute Gasteiger partial charge is 0.336 e. The molecule has 0 spiro atoms. The molecule has 0 unspecified atom stereocenters. The van der Waals surface area contributed by atoms with E-state index in [1.54, 1.807) is 42.5 Å². The zero-order chi connectivity index (χ0) is 23.2. The van der Waals surface area contributed by atoms with E-state index in [9.17, 15) is 18.3 Å². The third kappa shape index (κ3) is 3.89. The molecular weight excluding hydrogens is 436 g/mol. The van der Waals surface area contributed by atoms with Gasteiger partial charge in [-0.15, -0.1) is 0 Å². The van der Waals surface area contributed by atoms with Gasteiger partial charge in [0.25, 0.3) is 10.0 Å². The molecule has 0 fully saturated rings. The zero-order valence-electron chi connectivity index (χ0n) is 18.0. The van der Waals surface area contributed by atoms with Gasteiger partial charge in [-0.1, -0.05) is 42.5 Å². The number of carboxylic acids is 1. The van der Waals surface area contributed by atoms with Gasteiger partial charge >= 0.3 is 5.97 Å². The molecule has 0 saturated carbocycles. The average Bonchev–Trinajstić information content (AvgIpc) is 3.28. The van der Waals surface area contributed by atoms with Crippen molar-refractivity contribution in [2.24, 2.45) is 5.92 Å². The van der Waals surface area contributed by atoms with E-state index in [-0.39, 0.29) is 28.3 Å². The maximum atomic E-state index is 13.1. The number of fused-ring (bicyclic) bond motifs is 3. The van der Waals surface area contributed by atoms with Gasteiger partial charge in [0, 0.05) is 17.3 Å². The standard InChI is InChI=1S/C26H24N2O4S/c1-16-6-4-7-17(14-16)28-33(31,32)18-12-13-24-23(15-18)19-10-5-11-20(19)25(27-24)21-8-2-3-9-22(21)26(29)30/h2-10,12-15,19-20,25,27-28H,11H2,1H3,(H,29,30)/t19-,20+,25-/m0/s1. The molecular formula is C26H24N2O4S. The van der Waals surface area contributed by atoms with Gasteiger partial charge in [-0.3, -0.25) is 4.72 Å². The van der Waals surface area contributed by atoms with Crippen molar-refractivity contribution in [3.63, 3.8) is 0 Å². The predicted octanol–water partition coefficient (Wildman–Crippen LogP) is 5.32. The fourth-order valence-corrected chi connectivity index (χ4v) is 6.02. The van der Waals surface area contributed by atoms with Crippen LogP contribution in [0.15, 0.2) is 83.8 Å². The highest BCUT2D eigenvalue weighted by atomic mass is 32.2. The number of allylic oxidation sites excluding steroid dienone is 2. The minimum absolute atomic E-state index is 0.00206. The number of anilines is 2. The third-order valence-electron chi connectivity index (χ3n) is 6.44. The number of aryl methyl sites for hydroxylation is 1. The first-order valence-corrected chi connectivity index (χ1v) is 12.3. The maximum absolute atomic E-state index is 13.1. The lowest BCUT2D eigenvalue weighted by molar-refractivity contribution is 0.0694. The summed E-state index contributed by atoms with van der Waals surface area (Å²) in [6, 6.07) is 19.2. The Labute approximate surface area is 193 Å². The monoisotopic (exact) mass is 460 g/mol. The molecule has 3 atom stereocenters. The SMILES string of the molecule is Cc1cccc(NS(=O)(=O)c2ccc3c(c2)[C@H]2C=CC[C@H]2[C@@H](c2ccccc2C(=O)O)N3)c1. The Morgan fingerprint density at radius 3 is 2.64 bits per heavy atom. The van der Waals surface area contributed by atoms with E-state index in [1.165, 1.54) is 0 Å². The molecule has 2 aliphatic rings. The molecule has 0 saturated heterocycles. The van der Waals surface area contributed by atoms with Crippen LogP contribution in [-0.2, 0) is 10.0 Å². The summed E-state index contributed by atoms with van der Waals surface area (Å²) in [6.45, 7) is 1.91. The summed E-state index contributed by atoms with van der Waals surface area (Å²) in [5, 5.41) is 13.2. The van der Waals surface area contributed by atoms with Crippen LogP contribution in [0.25, 0.3) is 0 Å². The summed E-state index contributed by atoms with van der Waals surface area (Å²) in [5.41, 5.74) is 4.25. The topological polar surface area (TPSA) is 95.5 Å². The Hall–Kier alpha value is -3.58. The van der Waals surface area contributed by atoms with Gasteiger partial charge in [-0.25, -0.2) is 13.2 Å². The Kier molecular flexibility index (Phi) is 5.21. The zero-order valence-corrected chi connectivity index (χ0v) is 18.8. The molecule has 1 aliphatic heterocycles. The lowest BCUT2D eigenvalue weighted by atomic mass is 9.76. The number of carbonyl (C=O) groups is 1. The fourth-order valence-electron chi connectivity index (χ4n) is 4.93. The molecule has 0 radical (unpaired) electrons. The molecule has 7 heteroatoms. The highest BCUT2D eigenvalue weighted by Crippen LogP contribution is 2.50. The highest BCUT2D eigenvalue weighted by Gasteiger charge is 2.39. The van der Waals surface area contributed by atoms with E-state index in [2.05, 4.69) is 22.2 Å². The van der Waals surface area contributed by atoms with Crippen molar-refractivity contribution in [3.05, 3.63) is 101 Å². The van der Waals surface area contributed by atoms with Crippen LogP contribution in [0.2, 0.25) is 0 Å². The first-order valence-electron chi connectivity index (χ1n) is 10.8. The molecule has 33 heavy (non-hydrogen) atoms. The van der Waals surface area contributed by atoms with E-state index in [4.69, 9.17) is 0 Å². The van der Waals surface area contributed by atoms with E-state index in [0.29, 0.717) is 5.69 Å². The molecule has 3 aromatic rings. The van der Waals surface area contributed by atoms with Crippen LogP contribution in [0.1, 0.15) is 45.4 Å². The van der Waals surface area contributed by atoms with Crippen LogP contribution < -0.4 is 10.0 Å². The van der Waals surface area contributed by atoms with Crippen LogP contribution in [0.5, 0.6) is 0 Å². The minimum atomic E-state index is -3.76. The predicted molar refractivity (Wildman–Crippen MR) is 128 cm³/mol. The number of rotatable bonds is 5. The van der Waals surface area contributed by atoms with Crippen molar-refractivity contribution >= 4 is 27.4 Å². The second-order valence-corrected chi connectivity index (χ2v) is 10.3. The lowest BCUT2D eigenvalue weighted by Gasteiger charge is -2.38. The van der Waals surface area contributed by atoms with E-state index in [1.807, 2.05) is 31.2 Å². The number of sulfonamides is 1. The summed E-state index contributed by atoms with van der Waals surface area (Å²) in [5.74, 6) is -0.854. The van der Waals surface area contributed by atoms with Crippen molar-refractivity contribution in [1.29, 1.82) is 0 Å². The van der Waals surface area contributed by atoms with Crippen molar-refractivity contribution < 1.29 is 18.3 Å². The van der Waals surface area contributed by atoms with Crippen molar-refractivity contribution in [2.75, 3.05) is 10.0 Å². The van der Waals surface area contributed by atoms with Gasteiger partial charge in [0.15, 0.2) is 0 Å². The number of hydrogen-bond acceptors (Lipinski definition) is 4. The second kappa shape index (κ2) is 8.08. The fraction of sp³-hybridized carbons (Fsp3) is 0.192.